The second-order valence-electron chi connectivity index (χ2n) is 6.50. The highest BCUT2D eigenvalue weighted by molar-refractivity contribution is 5.81. The lowest BCUT2D eigenvalue weighted by molar-refractivity contribution is -0.131. The molecule has 0 aromatic carbocycles. The topological polar surface area (TPSA) is 44.4 Å². The molecule has 0 aromatic heterocycles. The Morgan fingerprint density at radius 3 is 2.75 bits per heavy atom. The van der Waals surface area contributed by atoms with E-state index >= 15 is 0 Å². The fourth-order valence-electron chi connectivity index (χ4n) is 3.80. The largest absolute Gasteiger partial charge is 0.345 e. The molecule has 4 unspecified atom stereocenters. The molecule has 116 valence electrons. The third-order valence-corrected chi connectivity index (χ3v) is 5.12. The Bertz CT molecular complexity index is 315. The van der Waals surface area contributed by atoms with Crippen LogP contribution in [-0.4, -0.2) is 49.1 Å². The molecule has 2 rings (SSSR count). The number of likely N-dealkylation sites (N-methyl/N-ethyl adjacent to an activating group) is 1. The van der Waals surface area contributed by atoms with Gasteiger partial charge >= 0.3 is 0 Å². The van der Waals surface area contributed by atoms with E-state index in [0.717, 1.165) is 6.54 Å². The molecule has 0 bridgehead atoms. The fourth-order valence-corrected chi connectivity index (χ4v) is 3.80. The van der Waals surface area contributed by atoms with Gasteiger partial charge < -0.3 is 15.5 Å². The number of hydrogen-bond acceptors (Lipinski definition) is 3. The van der Waals surface area contributed by atoms with Gasteiger partial charge in [0, 0.05) is 25.7 Å². The summed E-state index contributed by atoms with van der Waals surface area (Å²) in [4.78, 5) is 14.0. The molecular weight excluding hydrogens is 250 g/mol. The summed E-state index contributed by atoms with van der Waals surface area (Å²) < 4.78 is 0. The highest BCUT2D eigenvalue weighted by Gasteiger charge is 2.35. The lowest BCUT2D eigenvalue weighted by Gasteiger charge is -2.34. The van der Waals surface area contributed by atoms with E-state index < -0.39 is 0 Å². The molecule has 2 N–H and O–H groups in total. The molecule has 2 aliphatic rings. The number of nitrogens with zero attached hydrogens (tertiary/aromatic N) is 1. The second-order valence-corrected chi connectivity index (χ2v) is 6.50. The third kappa shape index (κ3) is 3.73. The van der Waals surface area contributed by atoms with E-state index in [2.05, 4.69) is 10.6 Å². The minimum absolute atomic E-state index is 0.0610. The van der Waals surface area contributed by atoms with Gasteiger partial charge in [-0.25, -0.2) is 0 Å². The fraction of sp³-hybridized carbons (Fsp3) is 0.938. The van der Waals surface area contributed by atoms with Crippen LogP contribution in [0.4, 0.5) is 0 Å². The predicted octanol–water partition coefficient (Wildman–Crippen LogP) is 1.75. The molecule has 4 atom stereocenters. The summed E-state index contributed by atoms with van der Waals surface area (Å²) in [5, 5.41) is 7.30. The summed E-state index contributed by atoms with van der Waals surface area (Å²) in [7, 11) is 1.88. The zero-order valence-corrected chi connectivity index (χ0v) is 13.3. The number of hydrogen-bond donors (Lipinski definition) is 2. The van der Waals surface area contributed by atoms with Crippen LogP contribution in [-0.2, 0) is 4.79 Å². The van der Waals surface area contributed by atoms with Crippen LogP contribution < -0.4 is 10.6 Å². The molecule has 1 aliphatic heterocycles. The third-order valence-electron chi connectivity index (χ3n) is 5.12. The van der Waals surface area contributed by atoms with Crippen molar-refractivity contribution < 1.29 is 4.79 Å². The minimum Gasteiger partial charge on any atom is -0.345 e. The lowest BCUT2D eigenvalue weighted by atomic mass is 9.88. The Morgan fingerprint density at radius 1 is 1.30 bits per heavy atom. The summed E-state index contributed by atoms with van der Waals surface area (Å²) in [6.07, 6.45) is 7.80. The molecular formula is C16H31N3O. The molecule has 20 heavy (non-hydrogen) atoms. The highest BCUT2D eigenvalue weighted by atomic mass is 16.2. The van der Waals surface area contributed by atoms with Crippen LogP contribution >= 0.6 is 0 Å². The highest BCUT2D eigenvalue weighted by Crippen LogP contribution is 2.32. The first kappa shape index (κ1) is 15.8. The van der Waals surface area contributed by atoms with Crippen LogP contribution in [0, 0.1) is 5.92 Å². The van der Waals surface area contributed by atoms with Gasteiger partial charge in [-0.15, -0.1) is 0 Å². The van der Waals surface area contributed by atoms with E-state index in [0.29, 0.717) is 18.0 Å². The van der Waals surface area contributed by atoms with Gasteiger partial charge in [-0.2, -0.15) is 0 Å². The van der Waals surface area contributed by atoms with E-state index in [1.807, 2.05) is 20.9 Å². The molecule has 4 heteroatoms. The van der Waals surface area contributed by atoms with E-state index in [9.17, 15) is 4.79 Å². The van der Waals surface area contributed by atoms with Gasteiger partial charge in [0.05, 0.1) is 6.04 Å². The maximum atomic E-state index is 12.2. The van der Waals surface area contributed by atoms with Gasteiger partial charge in [0.2, 0.25) is 5.91 Å². The van der Waals surface area contributed by atoms with Crippen molar-refractivity contribution in [3.05, 3.63) is 0 Å². The van der Waals surface area contributed by atoms with Crippen molar-refractivity contribution in [1.82, 2.24) is 15.5 Å². The average molecular weight is 281 g/mol. The minimum atomic E-state index is -0.0610. The van der Waals surface area contributed by atoms with Crippen molar-refractivity contribution in [1.29, 1.82) is 0 Å². The number of piperidine rings is 1. The maximum absolute atomic E-state index is 12.2. The van der Waals surface area contributed by atoms with E-state index in [4.69, 9.17) is 0 Å². The first-order valence-corrected chi connectivity index (χ1v) is 8.38. The first-order valence-electron chi connectivity index (χ1n) is 8.38. The standard InChI is InChI=1S/C16H31N3O/c1-4-19(3)16(20)12(2)18-15-10-7-8-13(15)14-9-5-6-11-17-14/h12-15,17-18H,4-11H2,1-3H3. The molecule has 0 aromatic rings. The van der Waals surface area contributed by atoms with Crippen LogP contribution in [0.25, 0.3) is 0 Å². The number of nitrogens with one attached hydrogen (secondary N) is 2. The monoisotopic (exact) mass is 281 g/mol. The lowest BCUT2D eigenvalue weighted by Crippen LogP contribution is -2.52. The summed E-state index contributed by atoms with van der Waals surface area (Å²) >= 11 is 0. The Hall–Kier alpha value is -0.610. The van der Waals surface area contributed by atoms with Crippen LogP contribution in [0.2, 0.25) is 0 Å². The quantitative estimate of drug-likeness (QED) is 0.807. The van der Waals surface area contributed by atoms with Crippen LogP contribution in [0.3, 0.4) is 0 Å². The Kier molecular flexibility index (Phi) is 5.85. The van der Waals surface area contributed by atoms with Crippen LogP contribution in [0.5, 0.6) is 0 Å². The van der Waals surface area contributed by atoms with Crippen LogP contribution in [0.15, 0.2) is 0 Å². The van der Waals surface area contributed by atoms with Gasteiger partial charge in [0.15, 0.2) is 0 Å². The molecule has 1 aliphatic carbocycles. The van der Waals surface area contributed by atoms with Crippen molar-refractivity contribution in [2.24, 2.45) is 5.92 Å². The molecule has 0 spiro atoms. The summed E-state index contributed by atoms with van der Waals surface area (Å²) in [6.45, 7) is 5.98. The van der Waals surface area contributed by atoms with Crippen molar-refractivity contribution in [3.8, 4) is 0 Å². The van der Waals surface area contributed by atoms with E-state index in [1.54, 1.807) is 4.90 Å². The molecule has 0 radical (unpaired) electrons. The molecule has 4 nitrogen and oxygen atoms in total. The summed E-state index contributed by atoms with van der Waals surface area (Å²) in [5.41, 5.74) is 0. The van der Waals surface area contributed by atoms with E-state index in [-0.39, 0.29) is 11.9 Å². The number of amides is 1. The molecule has 2 fully saturated rings. The first-order chi connectivity index (χ1) is 9.63. The second kappa shape index (κ2) is 7.41. The molecule has 1 saturated heterocycles. The Labute approximate surface area is 123 Å². The van der Waals surface area contributed by atoms with Gasteiger partial charge in [-0.05, 0) is 52.0 Å². The number of rotatable bonds is 5. The number of carbonyl (C=O) groups is 1. The Balaban J connectivity index is 1.88. The maximum Gasteiger partial charge on any atom is 0.239 e. The van der Waals surface area contributed by atoms with Crippen molar-refractivity contribution in [2.75, 3.05) is 20.1 Å². The van der Waals surface area contributed by atoms with Gasteiger partial charge in [0.1, 0.15) is 0 Å². The average Bonchev–Trinajstić information content (AvgIpc) is 2.94. The van der Waals surface area contributed by atoms with Gasteiger partial charge in [0.25, 0.3) is 0 Å². The molecule has 1 heterocycles. The summed E-state index contributed by atoms with van der Waals surface area (Å²) in [5.74, 6) is 0.923. The zero-order chi connectivity index (χ0) is 14.5. The Morgan fingerprint density at radius 2 is 2.10 bits per heavy atom. The van der Waals surface area contributed by atoms with Crippen molar-refractivity contribution in [3.63, 3.8) is 0 Å². The van der Waals surface area contributed by atoms with Crippen molar-refractivity contribution in [2.45, 2.75) is 70.5 Å². The normalized spacial score (nSPS) is 32.0. The number of carbonyl (C=O) groups excluding carboxylic acids is 1. The predicted molar refractivity (Wildman–Crippen MR) is 82.7 cm³/mol. The summed E-state index contributed by atoms with van der Waals surface area (Å²) in [6, 6.07) is 1.11. The smallest absolute Gasteiger partial charge is 0.239 e. The SMILES string of the molecule is CCN(C)C(=O)C(C)NC1CCCC1C1CCCCN1. The molecule has 1 amide bonds. The van der Waals surface area contributed by atoms with Gasteiger partial charge in [-0.1, -0.05) is 12.8 Å². The van der Waals surface area contributed by atoms with E-state index in [1.165, 1.54) is 45.1 Å². The van der Waals surface area contributed by atoms with Gasteiger partial charge in [-0.3, -0.25) is 4.79 Å². The molecule has 1 saturated carbocycles. The van der Waals surface area contributed by atoms with Crippen LogP contribution in [0.1, 0.15) is 52.4 Å². The zero-order valence-electron chi connectivity index (χ0n) is 13.3. The van der Waals surface area contributed by atoms with Crippen molar-refractivity contribution >= 4 is 5.91 Å².